The maximum atomic E-state index is 13.4. The fourth-order valence-electron chi connectivity index (χ4n) is 3.70. The molecule has 0 fully saturated rings. The summed E-state index contributed by atoms with van der Waals surface area (Å²) in [6.45, 7) is 0. The number of furan rings is 1. The molecule has 0 saturated heterocycles. The van der Waals surface area contributed by atoms with E-state index in [1.54, 1.807) is 54.6 Å². The highest BCUT2D eigenvalue weighted by molar-refractivity contribution is 9.10. The van der Waals surface area contributed by atoms with Crippen LogP contribution in [-0.2, 0) is 0 Å². The number of hydrogen-bond donors (Lipinski definition) is 1. The fraction of sp³-hybridized carbons (Fsp3) is 0.0400. The van der Waals surface area contributed by atoms with Gasteiger partial charge in [0.05, 0.1) is 27.3 Å². The number of ketones is 1. The van der Waals surface area contributed by atoms with Crippen molar-refractivity contribution >= 4 is 101 Å². The van der Waals surface area contributed by atoms with Crippen LogP contribution in [0.4, 0.5) is 5.69 Å². The number of carbonyl (C=O) groups excluding carboxylic acids is 2. The minimum Gasteiger partial charge on any atom is -0.496 e. The highest BCUT2D eigenvalue weighted by Crippen LogP contribution is 2.42. The summed E-state index contributed by atoms with van der Waals surface area (Å²) in [6, 6.07) is 15.2. The number of methoxy groups -OCH3 is 1. The van der Waals surface area contributed by atoms with Gasteiger partial charge in [0.2, 0.25) is 5.78 Å². The minimum absolute atomic E-state index is 0.00470. The van der Waals surface area contributed by atoms with Gasteiger partial charge < -0.3 is 14.5 Å². The van der Waals surface area contributed by atoms with E-state index >= 15 is 0 Å². The van der Waals surface area contributed by atoms with Crippen LogP contribution in [0.3, 0.4) is 0 Å². The van der Waals surface area contributed by atoms with Gasteiger partial charge in [-0.2, -0.15) is 0 Å². The number of hydrogen-bond acceptors (Lipinski definition) is 5. The number of benzene rings is 3. The van der Waals surface area contributed by atoms with Gasteiger partial charge in [0, 0.05) is 26.1 Å². The van der Waals surface area contributed by atoms with Crippen molar-refractivity contribution in [3.63, 3.8) is 0 Å². The lowest BCUT2D eigenvalue weighted by Gasteiger charge is -2.07. The average Bonchev–Trinajstić information content (AvgIpc) is 3.36. The van der Waals surface area contributed by atoms with Gasteiger partial charge >= 0.3 is 0 Å². The zero-order valence-corrected chi connectivity index (χ0v) is 22.4. The molecule has 0 aliphatic rings. The van der Waals surface area contributed by atoms with Gasteiger partial charge in [0.1, 0.15) is 16.2 Å². The lowest BCUT2D eigenvalue weighted by Crippen LogP contribution is -2.13. The van der Waals surface area contributed by atoms with E-state index in [2.05, 4.69) is 21.2 Å². The Balaban J connectivity index is 1.59. The second-order valence-corrected chi connectivity index (χ2v) is 10.6. The fourth-order valence-corrected chi connectivity index (χ4v) is 6.51. The summed E-state index contributed by atoms with van der Waals surface area (Å²) in [4.78, 5) is 27.0. The van der Waals surface area contributed by atoms with Crippen LogP contribution < -0.4 is 10.1 Å². The maximum Gasteiger partial charge on any atom is 0.267 e. The Morgan fingerprint density at radius 3 is 2.57 bits per heavy atom. The Morgan fingerprint density at radius 1 is 1.06 bits per heavy atom. The van der Waals surface area contributed by atoms with E-state index in [-0.39, 0.29) is 21.3 Å². The molecule has 1 N–H and O–H groups in total. The van der Waals surface area contributed by atoms with Crippen molar-refractivity contribution in [3.05, 3.63) is 90.3 Å². The van der Waals surface area contributed by atoms with Gasteiger partial charge in [-0.3, -0.25) is 9.59 Å². The van der Waals surface area contributed by atoms with E-state index < -0.39 is 11.7 Å². The standard InChI is InChI=1S/C25H13BrCl3NO4S/c1-33-17-7-6-11(8-14(17)26)22(31)23-21(13-4-2-3-5-16(13)34-23)30-25(32)24-20(29)19-15(28)9-12(27)10-18(19)35-24/h2-10H,1H3,(H,30,32). The Hall–Kier alpha value is -2.55. The summed E-state index contributed by atoms with van der Waals surface area (Å²) >= 11 is 23.5. The zero-order valence-electron chi connectivity index (χ0n) is 17.7. The Labute approximate surface area is 226 Å². The van der Waals surface area contributed by atoms with Crippen LogP contribution in [0.5, 0.6) is 5.75 Å². The molecule has 176 valence electrons. The van der Waals surface area contributed by atoms with Crippen LogP contribution in [-0.4, -0.2) is 18.8 Å². The lowest BCUT2D eigenvalue weighted by molar-refractivity contribution is 0.101. The predicted octanol–water partition coefficient (Wildman–Crippen LogP) is 8.86. The quantitative estimate of drug-likeness (QED) is 0.202. The Bertz CT molecular complexity index is 1660. The van der Waals surface area contributed by atoms with Gasteiger partial charge in [-0.25, -0.2) is 0 Å². The van der Waals surface area contributed by atoms with Gasteiger partial charge in [0.15, 0.2) is 5.76 Å². The molecule has 5 aromatic rings. The third-order valence-electron chi connectivity index (χ3n) is 5.31. The molecule has 0 aliphatic carbocycles. The van der Waals surface area contributed by atoms with Crippen LogP contribution in [0.25, 0.3) is 21.1 Å². The number of anilines is 1. The number of carbonyl (C=O) groups is 2. The van der Waals surface area contributed by atoms with E-state index in [1.807, 2.05) is 0 Å². The molecular formula is C25H13BrCl3NO4S. The first-order valence-electron chi connectivity index (χ1n) is 10.1. The van der Waals surface area contributed by atoms with Crippen molar-refractivity contribution in [2.75, 3.05) is 12.4 Å². The third-order valence-corrected chi connectivity index (χ3v) is 8.07. The molecule has 2 aromatic heterocycles. The Morgan fingerprint density at radius 2 is 1.83 bits per heavy atom. The van der Waals surface area contributed by atoms with E-state index in [9.17, 15) is 9.59 Å². The van der Waals surface area contributed by atoms with Crippen molar-refractivity contribution in [2.45, 2.75) is 0 Å². The molecule has 5 nitrogen and oxygen atoms in total. The normalized spacial score (nSPS) is 11.2. The SMILES string of the molecule is COc1ccc(C(=O)c2oc3ccccc3c2NC(=O)c2sc3cc(Cl)cc(Cl)c3c2Cl)cc1Br. The second kappa shape index (κ2) is 9.48. The smallest absolute Gasteiger partial charge is 0.267 e. The summed E-state index contributed by atoms with van der Waals surface area (Å²) in [6.07, 6.45) is 0. The molecule has 0 bridgehead atoms. The third kappa shape index (κ3) is 4.32. The first-order valence-corrected chi connectivity index (χ1v) is 12.8. The molecule has 5 rings (SSSR count). The lowest BCUT2D eigenvalue weighted by atomic mass is 10.1. The molecule has 0 radical (unpaired) electrons. The highest BCUT2D eigenvalue weighted by Gasteiger charge is 2.26. The van der Waals surface area contributed by atoms with Gasteiger partial charge in [-0.05, 0) is 58.4 Å². The summed E-state index contributed by atoms with van der Waals surface area (Å²) < 4.78 is 12.4. The summed E-state index contributed by atoms with van der Waals surface area (Å²) in [7, 11) is 1.54. The van der Waals surface area contributed by atoms with Gasteiger partial charge in [-0.15, -0.1) is 11.3 Å². The van der Waals surface area contributed by atoms with Crippen molar-refractivity contribution in [1.29, 1.82) is 0 Å². The van der Waals surface area contributed by atoms with Gasteiger partial charge in [-0.1, -0.05) is 46.9 Å². The summed E-state index contributed by atoms with van der Waals surface area (Å²) in [5, 5.41) is 4.96. The first-order chi connectivity index (χ1) is 16.8. The van der Waals surface area contributed by atoms with Crippen LogP contribution in [0.1, 0.15) is 25.8 Å². The van der Waals surface area contributed by atoms with Crippen molar-refractivity contribution in [1.82, 2.24) is 0 Å². The zero-order chi connectivity index (χ0) is 24.9. The Kier molecular flexibility index (Phi) is 6.55. The molecule has 2 heterocycles. The molecule has 0 unspecified atom stereocenters. The number of ether oxygens (including phenoxy) is 1. The minimum atomic E-state index is -0.500. The molecule has 0 aliphatic heterocycles. The molecule has 3 aromatic carbocycles. The van der Waals surface area contributed by atoms with Crippen molar-refractivity contribution in [2.24, 2.45) is 0 Å². The number of fused-ring (bicyclic) bond motifs is 2. The average molecular weight is 610 g/mol. The monoisotopic (exact) mass is 607 g/mol. The molecule has 0 spiro atoms. The largest absolute Gasteiger partial charge is 0.496 e. The number of amides is 1. The van der Waals surface area contributed by atoms with Crippen LogP contribution in [0.2, 0.25) is 15.1 Å². The van der Waals surface area contributed by atoms with E-state index in [1.165, 1.54) is 7.11 Å². The number of nitrogens with one attached hydrogen (secondary N) is 1. The second-order valence-electron chi connectivity index (χ2n) is 7.44. The summed E-state index contributed by atoms with van der Waals surface area (Å²) in [5.74, 6) is -0.329. The highest BCUT2D eigenvalue weighted by atomic mass is 79.9. The first kappa shape index (κ1) is 24.2. The molecular weight excluding hydrogens is 597 g/mol. The maximum absolute atomic E-state index is 13.4. The van der Waals surface area contributed by atoms with E-state index in [0.29, 0.717) is 46.9 Å². The number of rotatable bonds is 5. The van der Waals surface area contributed by atoms with Crippen LogP contribution in [0, 0.1) is 0 Å². The summed E-state index contributed by atoms with van der Waals surface area (Å²) in [5.41, 5.74) is 1.06. The topological polar surface area (TPSA) is 68.5 Å². The van der Waals surface area contributed by atoms with Crippen molar-refractivity contribution < 1.29 is 18.7 Å². The van der Waals surface area contributed by atoms with E-state index in [4.69, 9.17) is 44.0 Å². The number of halogens is 4. The van der Waals surface area contributed by atoms with E-state index in [0.717, 1.165) is 11.3 Å². The molecule has 10 heteroatoms. The molecule has 0 saturated carbocycles. The molecule has 35 heavy (non-hydrogen) atoms. The van der Waals surface area contributed by atoms with Crippen LogP contribution >= 0.6 is 62.1 Å². The number of para-hydroxylation sites is 1. The molecule has 0 atom stereocenters. The number of thiophene rings is 1. The van der Waals surface area contributed by atoms with Gasteiger partial charge in [0.25, 0.3) is 5.91 Å². The molecule has 1 amide bonds. The predicted molar refractivity (Wildman–Crippen MR) is 145 cm³/mol. The van der Waals surface area contributed by atoms with Crippen molar-refractivity contribution in [3.8, 4) is 5.75 Å². The van der Waals surface area contributed by atoms with Crippen LogP contribution in [0.15, 0.2) is 63.5 Å².